The lowest BCUT2D eigenvalue weighted by Gasteiger charge is -2.09. The largest absolute Gasteiger partial charge is 0.481 e. The fourth-order valence-electron chi connectivity index (χ4n) is 1.16. The molecule has 0 aliphatic rings. The van der Waals surface area contributed by atoms with Crippen LogP contribution in [0, 0.1) is 0 Å². The highest BCUT2D eigenvalue weighted by atomic mass is 16.5. The van der Waals surface area contributed by atoms with Gasteiger partial charge in [-0.1, -0.05) is 6.42 Å². The van der Waals surface area contributed by atoms with Crippen molar-refractivity contribution in [2.45, 2.75) is 45.1 Å². The summed E-state index contributed by atoms with van der Waals surface area (Å²) in [5, 5.41) is 17.8. The van der Waals surface area contributed by atoms with Gasteiger partial charge in [-0.3, -0.25) is 4.79 Å². The molecule has 0 fully saturated rings. The number of rotatable bonds is 9. The number of hydrogen-bond donors (Lipinski definition) is 2. The van der Waals surface area contributed by atoms with Crippen LogP contribution >= 0.6 is 0 Å². The van der Waals surface area contributed by atoms with E-state index >= 15 is 0 Å². The van der Waals surface area contributed by atoms with Crippen LogP contribution in [0.4, 0.5) is 0 Å². The van der Waals surface area contributed by atoms with E-state index in [2.05, 4.69) is 0 Å². The predicted octanol–water partition coefficient (Wildman–Crippen LogP) is 1.42. The van der Waals surface area contributed by atoms with Crippen molar-refractivity contribution >= 4 is 5.97 Å². The summed E-state index contributed by atoms with van der Waals surface area (Å²) in [7, 11) is 0. The summed E-state index contributed by atoms with van der Waals surface area (Å²) in [6.45, 7) is 3.17. The van der Waals surface area contributed by atoms with Crippen molar-refractivity contribution in [2.24, 2.45) is 0 Å². The van der Waals surface area contributed by atoms with Crippen LogP contribution in [-0.2, 0) is 9.53 Å². The molecule has 0 amide bonds. The van der Waals surface area contributed by atoms with Gasteiger partial charge < -0.3 is 14.9 Å². The summed E-state index contributed by atoms with van der Waals surface area (Å²) in [5.41, 5.74) is 0. The number of aliphatic hydroxyl groups excluding tert-OH is 1. The van der Waals surface area contributed by atoms with Gasteiger partial charge in [0.25, 0.3) is 0 Å². The van der Waals surface area contributed by atoms with E-state index in [0.717, 1.165) is 6.42 Å². The van der Waals surface area contributed by atoms with Crippen LogP contribution in [0.1, 0.15) is 39.0 Å². The molecule has 0 saturated carbocycles. The molecule has 0 bridgehead atoms. The SMILES string of the molecule is CCOCCC(O)CCCCC(=O)O. The first-order chi connectivity index (χ1) is 6.66. The number of carboxylic acids is 1. The topological polar surface area (TPSA) is 66.8 Å². The molecule has 0 spiro atoms. The summed E-state index contributed by atoms with van der Waals surface area (Å²) in [5.74, 6) is -0.770. The quantitative estimate of drug-likeness (QED) is 0.557. The third-order valence-electron chi connectivity index (χ3n) is 1.98. The smallest absolute Gasteiger partial charge is 0.303 e. The van der Waals surface area contributed by atoms with Gasteiger partial charge in [0.2, 0.25) is 0 Å². The number of hydrogen-bond acceptors (Lipinski definition) is 3. The van der Waals surface area contributed by atoms with E-state index in [9.17, 15) is 9.90 Å². The van der Waals surface area contributed by atoms with Crippen molar-refractivity contribution in [2.75, 3.05) is 13.2 Å². The molecule has 0 radical (unpaired) electrons. The summed E-state index contributed by atoms with van der Waals surface area (Å²) in [6.07, 6.45) is 2.55. The average Bonchev–Trinajstić information content (AvgIpc) is 2.13. The van der Waals surface area contributed by atoms with Crippen molar-refractivity contribution in [3.05, 3.63) is 0 Å². The van der Waals surface area contributed by atoms with E-state index in [1.54, 1.807) is 0 Å². The number of aliphatic carboxylic acids is 1. The fraction of sp³-hybridized carbons (Fsp3) is 0.900. The van der Waals surface area contributed by atoms with Crippen molar-refractivity contribution in [1.29, 1.82) is 0 Å². The summed E-state index contributed by atoms with van der Waals surface area (Å²) < 4.78 is 5.09. The molecule has 0 saturated heterocycles. The Bertz CT molecular complexity index is 147. The number of aliphatic hydroxyl groups is 1. The van der Waals surface area contributed by atoms with E-state index in [-0.39, 0.29) is 12.5 Å². The highest BCUT2D eigenvalue weighted by Crippen LogP contribution is 2.06. The predicted molar refractivity (Wildman–Crippen MR) is 53.2 cm³/mol. The second-order valence-electron chi connectivity index (χ2n) is 3.28. The average molecular weight is 204 g/mol. The molecule has 0 aromatic heterocycles. The summed E-state index contributed by atoms with van der Waals surface area (Å²) in [6, 6.07) is 0. The molecule has 84 valence electrons. The maximum atomic E-state index is 10.2. The number of carboxylic acid groups (broad SMARTS) is 1. The Hall–Kier alpha value is -0.610. The van der Waals surface area contributed by atoms with Crippen molar-refractivity contribution in [1.82, 2.24) is 0 Å². The lowest BCUT2D eigenvalue weighted by molar-refractivity contribution is -0.137. The minimum atomic E-state index is -0.770. The lowest BCUT2D eigenvalue weighted by atomic mass is 10.1. The molecule has 0 aliphatic heterocycles. The molecule has 2 N–H and O–H groups in total. The molecular formula is C10H20O4. The molecule has 4 heteroatoms. The first kappa shape index (κ1) is 13.4. The highest BCUT2D eigenvalue weighted by Gasteiger charge is 2.04. The standard InChI is InChI=1S/C10H20O4/c1-2-14-8-7-9(11)5-3-4-6-10(12)13/h9,11H,2-8H2,1H3,(H,12,13). The molecule has 0 aromatic carbocycles. The molecule has 0 heterocycles. The Morgan fingerprint density at radius 1 is 1.36 bits per heavy atom. The number of carbonyl (C=O) groups is 1. The van der Waals surface area contributed by atoms with Crippen LogP contribution in [0.25, 0.3) is 0 Å². The zero-order chi connectivity index (χ0) is 10.8. The fourth-order valence-corrected chi connectivity index (χ4v) is 1.16. The normalized spacial score (nSPS) is 12.7. The van der Waals surface area contributed by atoms with Crippen LogP contribution in [-0.4, -0.2) is 35.5 Å². The van der Waals surface area contributed by atoms with Gasteiger partial charge in [-0.15, -0.1) is 0 Å². The highest BCUT2D eigenvalue weighted by molar-refractivity contribution is 5.66. The van der Waals surface area contributed by atoms with Crippen LogP contribution in [0.15, 0.2) is 0 Å². The Kier molecular flexibility index (Phi) is 8.57. The van der Waals surface area contributed by atoms with Gasteiger partial charge in [0.15, 0.2) is 0 Å². The zero-order valence-electron chi connectivity index (χ0n) is 8.74. The van der Waals surface area contributed by atoms with Crippen molar-refractivity contribution in [3.8, 4) is 0 Å². The zero-order valence-corrected chi connectivity index (χ0v) is 8.74. The Balaban J connectivity index is 3.18. The molecule has 1 atom stereocenters. The Morgan fingerprint density at radius 3 is 2.64 bits per heavy atom. The van der Waals surface area contributed by atoms with Crippen LogP contribution in [0.5, 0.6) is 0 Å². The minimum Gasteiger partial charge on any atom is -0.481 e. The van der Waals surface area contributed by atoms with Crippen LogP contribution < -0.4 is 0 Å². The lowest BCUT2D eigenvalue weighted by Crippen LogP contribution is -2.10. The summed E-state index contributed by atoms with van der Waals surface area (Å²) >= 11 is 0. The summed E-state index contributed by atoms with van der Waals surface area (Å²) in [4.78, 5) is 10.2. The molecule has 14 heavy (non-hydrogen) atoms. The molecule has 0 rings (SSSR count). The van der Waals surface area contributed by atoms with Crippen molar-refractivity contribution < 1.29 is 19.7 Å². The van der Waals surface area contributed by atoms with Gasteiger partial charge >= 0.3 is 5.97 Å². The number of ether oxygens (including phenoxy) is 1. The van der Waals surface area contributed by atoms with Gasteiger partial charge in [0, 0.05) is 19.6 Å². The molecule has 0 aromatic rings. The van der Waals surface area contributed by atoms with Crippen LogP contribution in [0.3, 0.4) is 0 Å². The Morgan fingerprint density at radius 2 is 2.07 bits per heavy atom. The third-order valence-corrected chi connectivity index (χ3v) is 1.98. The van der Waals surface area contributed by atoms with Crippen LogP contribution in [0.2, 0.25) is 0 Å². The van der Waals surface area contributed by atoms with Gasteiger partial charge in [-0.25, -0.2) is 0 Å². The maximum absolute atomic E-state index is 10.2. The second kappa shape index (κ2) is 8.97. The Labute approximate surface area is 84.9 Å². The molecule has 4 nitrogen and oxygen atoms in total. The van der Waals surface area contributed by atoms with Gasteiger partial charge in [-0.2, -0.15) is 0 Å². The van der Waals surface area contributed by atoms with E-state index in [1.165, 1.54) is 0 Å². The maximum Gasteiger partial charge on any atom is 0.303 e. The van der Waals surface area contributed by atoms with E-state index in [0.29, 0.717) is 32.5 Å². The van der Waals surface area contributed by atoms with Gasteiger partial charge in [-0.05, 0) is 26.2 Å². The second-order valence-corrected chi connectivity index (χ2v) is 3.28. The van der Waals surface area contributed by atoms with Gasteiger partial charge in [0.05, 0.1) is 6.10 Å². The van der Waals surface area contributed by atoms with E-state index in [4.69, 9.17) is 9.84 Å². The molecular weight excluding hydrogens is 184 g/mol. The van der Waals surface area contributed by atoms with Crippen molar-refractivity contribution in [3.63, 3.8) is 0 Å². The first-order valence-corrected chi connectivity index (χ1v) is 5.14. The van der Waals surface area contributed by atoms with Gasteiger partial charge in [0.1, 0.15) is 0 Å². The first-order valence-electron chi connectivity index (χ1n) is 5.14. The monoisotopic (exact) mass is 204 g/mol. The third kappa shape index (κ3) is 9.48. The minimum absolute atomic E-state index is 0.193. The molecule has 1 unspecified atom stereocenters. The molecule has 0 aliphatic carbocycles. The van der Waals surface area contributed by atoms with E-state index < -0.39 is 5.97 Å². The number of unbranched alkanes of at least 4 members (excludes halogenated alkanes) is 1. The van der Waals surface area contributed by atoms with E-state index in [1.807, 2.05) is 6.92 Å².